The van der Waals surface area contributed by atoms with Gasteiger partial charge in [0.05, 0.1) is 30.8 Å². The molecule has 0 unspecified atom stereocenters. The molecule has 0 bridgehead atoms. The van der Waals surface area contributed by atoms with Crippen molar-refractivity contribution in [2.45, 2.75) is 25.8 Å². The lowest BCUT2D eigenvalue weighted by atomic mass is 10.2. The third-order valence-corrected chi connectivity index (χ3v) is 7.18. The maximum atomic E-state index is 12.5. The molecule has 6 rings (SSSR count). The largest absolute Gasteiger partial charge is 0.379 e. The molecule has 0 atom stereocenters. The minimum Gasteiger partial charge on any atom is -0.379 e. The third kappa shape index (κ3) is 6.89. The fourth-order valence-corrected chi connectivity index (χ4v) is 4.97. The number of rotatable bonds is 9. The van der Waals surface area contributed by atoms with E-state index in [0.717, 1.165) is 78.9 Å². The number of carbonyl (C=O) groups is 1. The predicted octanol–water partition coefficient (Wildman–Crippen LogP) is 4.61. The van der Waals surface area contributed by atoms with Crippen LogP contribution >= 0.6 is 0 Å². The summed E-state index contributed by atoms with van der Waals surface area (Å²) < 4.78 is 7.27. The van der Waals surface area contributed by atoms with E-state index >= 15 is 0 Å². The lowest BCUT2D eigenvalue weighted by Gasteiger charge is -2.26. The van der Waals surface area contributed by atoms with Crippen LogP contribution in [0.1, 0.15) is 24.8 Å². The smallest absolute Gasteiger partial charge is 0.300 e. The van der Waals surface area contributed by atoms with Crippen LogP contribution in [0.4, 0.5) is 17.2 Å². The summed E-state index contributed by atoms with van der Waals surface area (Å²) in [6.45, 7) is 5.32. The fourth-order valence-electron chi connectivity index (χ4n) is 4.97. The number of fused-ring (bicyclic) bond motifs is 2. The van der Waals surface area contributed by atoms with E-state index in [4.69, 9.17) is 4.74 Å². The van der Waals surface area contributed by atoms with E-state index in [1.165, 1.54) is 6.33 Å². The lowest BCUT2D eigenvalue weighted by Crippen LogP contribution is -2.36. The van der Waals surface area contributed by atoms with Crippen LogP contribution in [0.2, 0.25) is 0 Å². The van der Waals surface area contributed by atoms with Crippen molar-refractivity contribution in [3.05, 3.63) is 78.6 Å². The van der Waals surface area contributed by atoms with Crippen molar-refractivity contribution in [3.63, 3.8) is 0 Å². The molecule has 3 aromatic carbocycles. The summed E-state index contributed by atoms with van der Waals surface area (Å²) in [7, 11) is 0. The Kier molecular flexibility index (Phi) is 8.59. The Morgan fingerprint density at radius 3 is 2.67 bits per heavy atom. The Bertz CT molecular complexity index is 1740. The molecule has 0 spiro atoms. The topological polar surface area (TPSA) is 110 Å². The number of amides is 1. The summed E-state index contributed by atoms with van der Waals surface area (Å²) in [5, 5.41) is 15.7. The van der Waals surface area contributed by atoms with E-state index < -0.39 is 0 Å². The number of hydrogen-bond acceptors (Lipinski definition) is 8. The molecule has 5 aromatic rings. The fraction of sp³-hybridized carbons (Fsp3) is 0.281. The van der Waals surface area contributed by atoms with Gasteiger partial charge in [0.2, 0.25) is 0 Å². The molecule has 1 aliphatic heterocycles. The summed E-state index contributed by atoms with van der Waals surface area (Å²) in [6.07, 6.45) is 4.24. The lowest BCUT2D eigenvalue weighted by molar-refractivity contribution is -0.111. The number of morpholine rings is 1. The van der Waals surface area contributed by atoms with E-state index in [9.17, 15) is 4.79 Å². The highest BCUT2D eigenvalue weighted by Gasteiger charge is 2.11. The maximum Gasteiger partial charge on any atom is 0.300 e. The van der Waals surface area contributed by atoms with Crippen LogP contribution in [0.25, 0.3) is 21.9 Å². The molecule has 212 valence electrons. The maximum absolute atomic E-state index is 12.5. The molecule has 42 heavy (non-hydrogen) atoms. The SMILES string of the molecule is O=C(C#CCCCCN1CCOCC1)Nc1ccc2ncnc(Nc3ccc4c(c3)nnn4Cc3ccccc3)c2c1. The van der Waals surface area contributed by atoms with Crippen LogP contribution in [0.5, 0.6) is 0 Å². The van der Waals surface area contributed by atoms with Crippen molar-refractivity contribution in [1.82, 2.24) is 29.9 Å². The predicted molar refractivity (Wildman–Crippen MR) is 163 cm³/mol. The minimum absolute atomic E-state index is 0.335. The molecule has 1 saturated heterocycles. The van der Waals surface area contributed by atoms with Crippen LogP contribution in [0.3, 0.4) is 0 Å². The molecule has 10 heteroatoms. The van der Waals surface area contributed by atoms with Gasteiger partial charge in [-0.2, -0.15) is 0 Å². The first-order valence-electron chi connectivity index (χ1n) is 14.2. The Hall–Kier alpha value is -4.85. The number of benzene rings is 3. The van der Waals surface area contributed by atoms with E-state index in [1.807, 2.05) is 59.3 Å². The number of ether oxygens (including phenoxy) is 1. The van der Waals surface area contributed by atoms with Gasteiger partial charge in [0.15, 0.2) is 0 Å². The standard InChI is InChI=1S/C32H32N8O2/c41-31(10-6-1-2-7-15-39-16-18-42-19-17-39)35-25-11-13-28-27(20-25)32(34-23-33-28)36-26-12-14-30-29(21-26)37-38-40(30)22-24-8-4-3-5-9-24/h3-5,8-9,11-14,20-21,23H,1-2,7,15-19,22H2,(H,35,41)(H,33,34,36). The van der Waals surface area contributed by atoms with E-state index in [-0.39, 0.29) is 5.91 Å². The van der Waals surface area contributed by atoms with Crippen molar-refractivity contribution in [1.29, 1.82) is 0 Å². The number of nitrogens with zero attached hydrogens (tertiary/aromatic N) is 6. The number of anilines is 3. The van der Waals surface area contributed by atoms with Crippen LogP contribution in [0, 0.1) is 11.8 Å². The van der Waals surface area contributed by atoms with Crippen molar-refractivity contribution in [2.24, 2.45) is 0 Å². The van der Waals surface area contributed by atoms with Gasteiger partial charge in [-0.05, 0) is 67.3 Å². The van der Waals surface area contributed by atoms with Gasteiger partial charge in [-0.15, -0.1) is 5.10 Å². The number of hydrogen-bond donors (Lipinski definition) is 2. The van der Waals surface area contributed by atoms with Crippen LogP contribution in [0.15, 0.2) is 73.1 Å². The van der Waals surface area contributed by atoms with Gasteiger partial charge in [-0.1, -0.05) is 41.5 Å². The molecular formula is C32H32N8O2. The van der Waals surface area contributed by atoms with Gasteiger partial charge in [0, 0.05) is 36.3 Å². The Balaban J connectivity index is 1.08. The second kappa shape index (κ2) is 13.2. The highest BCUT2D eigenvalue weighted by Crippen LogP contribution is 2.27. The third-order valence-electron chi connectivity index (χ3n) is 7.18. The summed E-state index contributed by atoms with van der Waals surface area (Å²) in [5.74, 6) is 6.00. The number of aromatic nitrogens is 5. The van der Waals surface area contributed by atoms with Crippen LogP contribution < -0.4 is 10.6 Å². The van der Waals surface area contributed by atoms with Gasteiger partial charge < -0.3 is 15.4 Å². The molecule has 2 N–H and O–H groups in total. The summed E-state index contributed by atoms with van der Waals surface area (Å²) in [6, 6.07) is 21.6. The second-order valence-corrected chi connectivity index (χ2v) is 10.2. The first-order chi connectivity index (χ1) is 20.7. The minimum atomic E-state index is -0.335. The van der Waals surface area contributed by atoms with Gasteiger partial charge in [-0.25, -0.2) is 14.6 Å². The highest BCUT2D eigenvalue weighted by molar-refractivity contribution is 6.05. The average molecular weight is 561 g/mol. The molecule has 0 saturated carbocycles. The summed E-state index contributed by atoms with van der Waals surface area (Å²) in [5.41, 5.74) is 5.09. The summed E-state index contributed by atoms with van der Waals surface area (Å²) >= 11 is 0. The molecular weight excluding hydrogens is 528 g/mol. The first-order valence-corrected chi connectivity index (χ1v) is 14.2. The Labute approximate surface area is 244 Å². The van der Waals surface area contributed by atoms with Crippen molar-refractivity contribution < 1.29 is 9.53 Å². The first kappa shape index (κ1) is 27.3. The van der Waals surface area contributed by atoms with Crippen molar-refractivity contribution >= 4 is 45.0 Å². The van der Waals surface area contributed by atoms with Crippen LogP contribution in [-0.4, -0.2) is 68.6 Å². The van der Waals surface area contributed by atoms with Gasteiger partial charge in [-0.3, -0.25) is 9.69 Å². The molecule has 0 aliphatic carbocycles. The van der Waals surface area contributed by atoms with Crippen LogP contribution in [-0.2, 0) is 16.1 Å². The number of nitrogens with one attached hydrogen (secondary N) is 2. The quantitative estimate of drug-likeness (QED) is 0.199. The van der Waals surface area contributed by atoms with Crippen molar-refractivity contribution in [3.8, 4) is 11.8 Å². The van der Waals surface area contributed by atoms with E-state index in [2.05, 4.69) is 59.8 Å². The highest BCUT2D eigenvalue weighted by atomic mass is 16.5. The second-order valence-electron chi connectivity index (χ2n) is 10.2. The molecule has 3 heterocycles. The zero-order valence-corrected chi connectivity index (χ0v) is 23.3. The monoisotopic (exact) mass is 560 g/mol. The Morgan fingerprint density at radius 2 is 1.79 bits per heavy atom. The Morgan fingerprint density at radius 1 is 0.929 bits per heavy atom. The van der Waals surface area contributed by atoms with Gasteiger partial charge >= 0.3 is 0 Å². The number of unbranched alkanes of at least 4 members (excludes halogenated alkanes) is 2. The molecule has 2 aromatic heterocycles. The molecule has 1 amide bonds. The zero-order valence-electron chi connectivity index (χ0n) is 23.3. The molecule has 0 radical (unpaired) electrons. The number of carbonyl (C=O) groups excluding carboxylic acids is 1. The van der Waals surface area contributed by atoms with Gasteiger partial charge in [0.25, 0.3) is 5.91 Å². The normalized spacial score (nSPS) is 13.5. The summed E-state index contributed by atoms with van der Waals surface area (Å²) in [4.78, 5) is 23.7. The van der Waals surface area contributed by atoms with Crippen molar-refractivity contribution in [2.75, 3.05) is 43.5 Å². The van der Waals surface area contributed by atoms with Gasteiger partial charge in [0.1, 0.15) is 17.7 Å². The molecule has 1 aliphatic rings. The van der Waals surface area contributed by atoms with E-state index in [1.54, 1.807) is 0 Å². The zero-order chi connectivity index (χ0) is 28.6. The molecule has 10 nitrogen and oxygen atoms in total. The van der Waals surface area contributed by atoms with E-state index in [0.29, 0.717) is 24.5 Å². The molecule has 1 fully saturated rings. The average Bonchev–Trinajstić information content (AvgIpc) is 3.42.